The number of nitrogens with zero attached hydrogens (tertiary/aromatic N) is 1. The molecule has 1 heterocycles. The molecule has 0 fully saturated rings. The predicted octanol–water partition coefficient (Wildman–Crippen LogP) is 4.07. The molecule has 2 aromatic carbocycles. The van der Waals surface area contributed by atoms with Crippen molar-refractivity contribution < 1.29 is 13.9 Å². The number of carbonyl (C=O) groups is 1. The summed E-state index contributed by atoms with van der Waals surface area (Å²) in [6, 6.07) is 10.9. The Morgan fingerprint density at radius 1 is 1.21 bits per heavy atom. The average Bonchev–Trinajstić information content (AvgIpc) is 2.56. The first-order valence-corrected chi connectivity index (χ1v) is 8.08. The number of pyridine rings is 1. The number of hydrogen-bond acceptors (Lipinski definition) is 3. The topological polar surface area (TPSA) is 48.3 Å². The predicted molar refractivity (Wildman–Crippen MR) is 93.2 cm³/mol. The summed E-state index contributed by atoms with van der Waals surface area (Å²) in [5.41, 5.74) is 0.782. The van der Waals surface area contributed by atoms with Crippen LogP contribution in [0, 0.1) is 5.82 Å². The minimum Gasteiger partial charge on any atom is -0.462 e. The molecule has 1 aromatic heterocycles. The molecule has 0 N–H and O–H groups in total. The summed E-state index contributed by atoms with van der Waals surface area (Å²) < 4.78 is 20.6. The van der Waals surface area contributed by atoms with Crippen LogP contribution in [0.15, 0.2) is 57.9 Å². The van der Waals surface area contributed by atoms with Gasteiger partial charge in [0, 0.05) is 21.7 Å². The Kier molecular flexibility index (Phi) is 4.49. The van der Waals surface area contributed by atoms with E-state index >= 15 is 0 Å². The van der Waals surface area contributed by atoms with Gasteiger partial charge < -0.3 is 9.30 Å². The van der Waals surface area contributed by atoms with Crippen LogP contribution in [0.2, 0.25) is 0 Å². The number of ether oxygens (including phenoxy) is 1. The van der Waals surface area contributed by atoms with Gasteiger partial charge in [-0.1, -0.05) is 15.9 Å². The van der Waals surface area contributed by atoms with Crippen molar-refractivity contribution in [2.45, 2.75) is 6.92 Å². The van der Waals surface area contributed by atoms with Gasteiger partial charge in [0.25, 0.3) is 0 Å². The molecule has 0 saturated heterocycles. The minimum absolute atomic E-state index is 0.0593. The number of fused-ring (bicyclic) bond motifs is 1. The minimum atomic E-state index is -0.678. The Balaban J connectivity index is 2.35. The van der Waals surface area contributed by atoms with Gasteiger partial charge in [0.1, 0.15) is 11.4 Å². The largest absolute Gasteiger partial charge is 0.462 e. The summed E-state index contributed by atoms with van der Waals surface area (Å²) in [6.45, 7) is 1.85. The van der Waals surface area contributed by atoms with Gasteiger partial charge in [-0.25, -0.2) is 9.18 Å². The first kappa shape index (κ1) is 16.4. The molecule has 0 spiro atoms. The summed E-state index contributed by atoms with van der Waals surface area (Å²) in [7, 11) is 0. The van der Waals surface area contributed by atoms with Crippen LogP contribution in [0.1, 0.15) is 17.3 Å². The molecule has 4 nitrogen and oxygen atoms in total. The van der Waals surface area contributed by atoms with Crippen LogP contribution >= 0.6 is 15.9 Å². The lowest BCUT2D eigenvalue weighted by molar-refractivity contribution is 0.0524. The second-order valence-corrected chi connectivity index (χ2v) is 6.02. The standard InChI is InChI=1S/C18H13BrFNO3/c1-2-24-18(23)15-10-21(13-6-4-12(20)5-7-13)16-9-11(19)3-8-14(16)17(15)22/h3-10H,2H2,1H3. The number of carbonyl (C=O) groups excluding carboxylic acids is 1. The van der Waals surface area contributed by atoms with Gasteiger partial charge in [0.05, 0.1) is 12.1 Å². The van der Waals surface area contributed by atoms with Crippen LogP contribution in [0.3, 0.4) is 0 Å². The van der Waals surface area contributed by atoms with E-state index in [0.717, 1.165) is 4.47 Å². The highest BCUT2D eigenvalue weighted by atomic mass is 79.9. The number of halogens is 2. The molecule has 0 saturated carbocycles. The monoisotopic (exact) mass is 389 g/mol. The average molecular weight is 390 g/mol. The summed E-state index contributed by atoms with van der Waals surface area (Å²) in [4.78, 5) is 24.7. The van der Waals surface area contributed by atoms with E-state index in [2.05, 4.69) is 15.9 Å². The van der Waals surface area contributed by atoms with Gasteiger partial charge in [-0.2, -0.15) is 0 Å². The Morgan fingerprint density at radius 3 is 2.58 bits per heavy atom. The van der Waals surface area contributed by atoms with Crippen molar-refractivity contribution in [1.82, 2.24) is 4.57 Å². The molecule has 6 heteroatoms. The van der Waals surface area contributed by atoms with E-state index in [-0.39, 0.29) is 18.0 Å². The Bertz CT molecular complexity index is 980. The zero-order valence-electron chi connectivity index (χ0n) is 12.8. The smallest absolute Gasteiger partial charge is 0.343 e. The summed E-state index contributed by atoms with van der Waals surface area (Å²) in [6.07, 6.45) is 1.43. The van der Waals surface area contributed by atoms with Crippen LogP contribution in [0.25, 0.3) is 16.6 Å². The first-order valence-electron chi connectivity index (χ1n) is 7.29. The highest BCUT2D eigenvalue weighted by molar-refractivity contribution is 9.10. The lowest BCUT2D eigenvalue weighted by Crippen LogP contribution is -2.20. The fraction of sp³-hybridized carbons (Fsp3) is 0.111. The lowest BCUT2D eigenvalue weighted by Gasteiger charge is -2.13. The molecule has 122 valence electrons. The number of rotatable bonds is 3. The molecule has 0 unspecified atom stereocenters. The van der Waals surface area contributed by atoms with Crippen molar-refractivity contribution >= 4 is 32.8 Å². The van der Waals surface area contributed by atoms with Crippen LogP contribution in [0.4, 0.5) is 4.39 Å². The number of esters is 1. The second kappa shape index (κ2) is 6.57. The summed E-state index contributed by atoms with van der Waals surface area (Å²) in [5.74, 6) is -1.04. The number of benzene rings is 2. The lowest BCUT2D eigenvalue weighted by atomic mass is 10.1. The van der Waals surface area contributed by atoms with Crippen molar-refractivity contribution in [3.8, 4) is 5.69 Å². The van der Waals surface area contributed by atoms with Gasteiger partial charge in [-0.15, -0.1) is 0 Å². The van der Waals surface area contributed by atoms with Crippen molar-refractivity contribution in [2.75, 3.05) is 6.61 Å². The fourth-order valence-electron chi connectivity index (χ4n) is 2.47. The quantitative estimate of drug-likeness (QED) is 0.634. The Morgan fingerprint density at radius 2 is 1.92 bits per heavy atom. The third-order valence-electron chi connectivity index (χ3n) is 3.57. The van der Waals surface area contributed by atoms with E-state index in [0.29, 0.717) is 16.6 Å². The van der Waals surface area contributed by atoms with Gasteiger partial charge >= 0.3 is 5.97 Å². The second-order valence-electron chi connectivity index (χ2n) is 5.10. The molecule has 3 aromatic rings. The van der Waals surface area contributed by atoms with E-state index in [1.54, 1.807) is 41.8 Å². The first-order chi connectivity index (χ1) is 11.5. The summed E-state index contributed by atoms with van der Waals surface area (Å²) >= 11 is 3.38. The molecule has 3 rings (SSSR count). The van der Waals surface area contributed by atoms with Crippen molar-refractivity contribution in [1.29, 1.82) is 0 Å². The van der Waals surface area contributed by atoms with Gasteiger partial charge in [0.15, 0.2) is 0 Å². The fourth-order valence-corrected chi connectivity index (χ4v) is 2.82. The molecule has 0 aliphatic carbocycles. The van der Waals surface area contributed by atoms with E-state index in [1.807, 2.05) is 0 Å². The Labute approximate surface area is 145 Å². The van der Waals surface area contributed by atoms with E-state index < -0.39 is 11.4 Å². The maximum atomic E-state index is 13.2. The van der Waals surface area contributed by atoms with Crippen molar-refractivity contribution in [3.63, 3.8) is 0 Å². The third kappa shape index (κ3) is 2.97. The van der Waals surface area contributed by atoms with Crippen LogP contribution in [0.5, 0.6) is 0 Å². The number of hydrogen-bond donors (Lipinski definition) is 0. The molecular weight excluding hydrogens is 377 g/mol. The maximum Gasteiger partial charge on any atom is 0.343 e. The van der Waals surface area contributed by atoms with Crippen LogP contribution in [-0.2, 0) is 4.74 Å². The van der Waals surface area contributed by atoms with Gasteiger partial charge in [-0.05, 0) is 49.4 Å². The zero-order chi connectivity index (χ0) is 17.3. The molecule has 0 radical (unpaired) electrons. The maximum absolute atomic E-state index is 13.2. The van der Waals surface area contributed by atoms with Gasteiger partial charge in [0.2, 0.25) is 5.43 Å². The highest BCUT2D eigenvalue weighted by Crippen LogP contribution is 2.22. The zero-order valence-corrected chi connectivity index (χ0v) is 14.3. The van der Waals surface area contributed by atoms with Crippen LogP contribution in [-0.4, -0.2) is 17.1 Å². The molecule has 24 heavy (non-hydrogen) atoms. The molecule has 0 atom stereocenters. The SMILES string of the molecule is CCOC(=O)c1cn(-c2ccc(F)cc2)c2cc(Br)ccc2c1=O. The van der Waals surface area contributed by atoms with Crippen molar-refractivity contribution in [3.05, 3.63) is 74.7 Å². The number of aromatic nitrogens is 1. The highest BCUT2D eigenvalue weighted by Gasteiger charge is 2.17. The van der Waals surface area contributed by atoms with Crippen molar-refractivity contribution in [2.24, 2.45) is 0 Å². The van der Waals surface area contributed by atoms with Crippen LogP contribution < -0.4 is 5.43 Å². The molecule has 0 aliphatic heterocycles. The third-order valence-corrected chi connectivity index (χ3v) is 4.06. The van der Waals surface area contributed by atoms with E-state index in [4.69, 9.17) is 4.74 Å². The summed E-state index contributed by atoms with van der Waals surface area (Å²) in [5, 5.41) is 0.382. The van der Waals surface area contributed by atoms with E-state index in [9.17, 15) is 14.0 Å². The normalized spacial score (nSPS) is 10.8. The molecule has 0 amide bonds. The molecular formula is C18H13BrFNO3. The Hall–Kier alpha value is -2.47. The molecule has 0 aliphatic rings. The van der Waals surface area contributed by atoms with Gasteiger partial charge in [-0.3, -0.25) is 4.79 Å². The molecule has 0 bridgehead atoms. The van der Waals surface area contributed by atoms with E-state index in [1.165, 1.54) is 18.3 Å².